The molecule has 6 nitrogen and oxygen atoms in total. The van der Waals surface area contributed by atoms with E-state index >= 15 is 0 Å². The van der Waals surface area contributed by atoms with Crippen LogP contribution in [0.4, 0.5) is 0 Å². The summed E-state index contributed by atoms with van der Waals surface area (Å²) in [5.41, 5.74) is 0.772. The number of aromatic nitrogens is 2. The van der Waals surface area contributed by atoms with Crippen LogP contribution in [0.1, 0.15) is 11.1 Å². The summed E-state index contributed by atoms with van der Waals surface area (Å²) in [5, 5.41) is 17.7. The smallest absolute Gasteiger partial charge is 0.232 e. The monoisotopic (exact) mass is 336 g/mol. The van der Waals surface area contributed by atoms with E-state index in [0.717, 1.165) is 0 Å². The molecule has 0 aliphatic rings. The van der Waals surface area contributed by atoms with Crippen molar-refractivity contribution in [2.45, 2.75) is 0 Å². The summed E-state index contributed by atoms with van der Waals surface area (Å²) in [6, 6.07) is 10.1. The minimum Gasteiger partial charge on any atom is -0.480 e. The topological polar surface area (TPSA) is 91.8 Å². The van der Waals surface area contributed by atoms with E-state index in [0.29, 0.717) is 21.4 Å². The first-order chi connectivity index (χ1) is 10.5. The third-order valence-corrected chi connectivity index (χ3v) is 2.70. The van der Waals surface area contributed by atoms with Crippen molar-refractivity contribution in [1.82, 2.24) is 9.97 Å². The van der Waals surface area contributed by atoms with Gasteiger partial charge in [0.25, 0.3) is 0 Å². The molecule has 0 bridgehead atoms. The first kappa shape index (κ1) is 17.5. The van der Waals surface area contributed by atoms with Crippen LogP contribution in [0.15, 0.2) is 24.3 Å². The van der Waals surface area contributed by atoms with Crippen LogP contribution in [0.2, 0.25) is 10.3 Å². The van der Waals surface area contributed by atoms with Gasteiger partial charge in [-0.15, -0.1) is 0 Å². The molecule has 0 amide bonds. The summed E-state index contributed by atoms with van der Waals surface area (Å²) in [6.07, 6.45) is 0. The molecular weight excluding hydrogens is 327 g/mol. The molecule has 112 valence electrons. The molecule has 2 rings (SSSR count). The summed E-state index contributed by atoms with van der Waals surface area (Å²) in [6.45, 7) is 0. The number of ether oxygens (including phenoxy) is 2. The molecule has 0 aliphatic carbocycles. The minimum absolute atomic E-state index is 0.264. The maximum atomic E-state index is 8.53. The lowest BCUT2D eigenvalue weighted by atomic mass is 10.3. The van der Waals surface area contributed by atoms with Crippen LogP contribution < -0.4 is 9.47 Å². The van der Waals surface area contributed by atoms with E-state index in [-0.39, 0.29) is 11.8 Å². The fourth-order valence-electron chi connectivity index (χ4n) is 1.32. The Labute approximate surface area is 137 Å². The van der Waals surface area contributed by atoms with Gasteiger partial charge in [-0.25, -0.2) is 9.97 Å². The van der Waals surface area contributed by atoms with Gasteiger partial charge in [0, 0.05) is 0 Å². The van der Waals surface area contributed by atoms with Gasteiger partial charge in [0.05, 0.1) is 14.2 Å². The lowest BCUT2D eigenvalue weighted by molar-refractivity contribution is 0.396. The van der Waals surface area contributed by atoms with Gasteiger partial charge in [0.2, 0.25) is 11.8 Å². The molecule has 0 aliphatic heterocycles. The van der Waals surface area contributed by atoms with E-state index in [1.165, 1.54) is 14.2 Å². The zero-order chi connectivity index (χ0) is 16.5. The Bertz CT molecular complexity index is 675. The van der Waals surface area contributed by atoms with Gasteiger partial charge < -0.3 is 9.47 Å². The number of nitrogens with zero attached hydrogens (tertiary/aromatic N) is 4. The summed E-state index contributed by atoms with van der Waals surface area (Å²) < 4.78 is 9.60. The maximum absolute atomic E-state index is 8.53. The van der Waals surface area contributed by atoms with Crippen LogP contribution in [0, 0.1) is 22.7 Å². The predicted octanol–water partition coefficient (Wildman–Crippen LogP) is 3.23. The molecule has 0 N–H and O–H groups in total. The number of rotatable bonds is 2. The van der Waals surface area contributed by atoms with Gasteiger partial charge in [0.1, 0.15) is 33.6 Å². The molecule has 2 aromatic rings. The fourth-order valence-corrected chi connectivity index (χ4v) is 1.60. The van der Waals surface area contributed by atoms with Crippen LogP contribution in [-0.4, -0.2) is 24.2 Å². The Morgan fingerprint density at radius 1 is 0.818 bits per heavy atom. The highest BCUT2D eigenvalue weighted by Crippen LogP contribution is 2.17. The highest BCUT2D eigenvalue weighted by molar-refractivity contribution is 6.29. The number of halogens is 2. The minimum atomic E-state index is 0.264. The molecule has 0 saturated heterocycles. The second kappa shape index (κ2) is 8.68. The normalized spacial score (nSPS) is 8.82. The Morgan fingerprint density at radius 3 is 1.45 bits per heavy atom. The van der Waals surface area contributed by atoms with E-state index in [4.69, 9.17) is 43.2 Å². The number of methoxy groups -OCH3 is 2. The second-order valence-corrected chi connectivity index (χ2v) is 4.38. The number of hydrogen-bond acceptors (Lipinski definition) is 6. The lowest BCUT2D eigenvalue weighted by Crippen LogP contribution is -1.91. The van der Waals surface area contributed by atoms with Gasteiger partial charge in [-0.05, 0) is 24.3 Å². The predicted molar refractivity (Wildman–Crippen MR) is 81.0 cm³/mol. The van der Waals surface area contributed by atoms with Crippen LogP contribution in [0.25, 0.3) is 0 Å². The average Bonchev–Trinajstić information content (AvgIpc) is 2.55. The lowest BCUT2D eigenvalue weighted by Gasteiger charge is -1.99. The van der Waals surface area contributed by atoms with Gasteiger partial charge in [-0.1, -0.05) is 23.2 Å². The molecule has 0 saturated carbocycles. The molecular formula is C14H10Cl2N4O2. The van der Waals surface area contributed by atoms with Gasteiger partial charge in [-0.3, -0.25) is 0 Å². The second-order valence-electron chi connectivity index (χ2n) is 3.61. The van der Waals surface area contributed by atoms with Crippen LogP contribution >= 0.6 is 23.2 Å². The molecule has 0 unspecified atom stereocenters. The van der Waals surface area contributed by atoms with Crippen LogP contribution in [0.5, 0.6) is 11.8 Å². The summed E-state index contributed by atoms with van der Waals surface area (Å²) in [7, 11) is 2.89. The Morgan fingerprint density at radius 2 is 1.18 bits per heavy atom. The van der Waals surface area contributed by atoms with Gasteiger partial charge >= 0.3 is 0 Å². The summed E-state index contributed by atoms with van der Waals surface area (Å²) >= 11 is 11.1. The van der Waals surface area contributed by atoms with Crippen molar-refractivity contribution in [1.29, 1.82) is 10.5 Å². The van der Waals surface area contributed by atoms with E-state index < -0.39 is 0 Å². The molecule has 0 fully saturated rings. The highest BCUT2D eigenvalue weighted by Gasteiger charge is 2.03. The number of hydrogen-bond donors (Lipinski definition) is 0. The highest BCUT2D eigenvalue weighted by atomic mass is 35.5. The van der Waals surface area contributed by atoms with Crippen molar-refractivity contribution < 1.29 is 9.47 Å². The van der Waals surface area contributed by atoms with Crippen LogP contribution in [-0.2, 0) is 0 Å². The van der Waals surface area contributed by atoms with E-state index in [1.807, 2.05) is 12.1 Å². The van der Waals surface area contributed by atoms with E-state index in [1.54, 1.807) is 24.3 Å². The van der Waals surface area contributed by atoms with Crippen LogP contribution in [0.3, 0.4) is 0 Å². The van der Waals surface area contributed by atoms with E-state index in [9.17, 15) is 0 Å². The average molecular weight is 337 g/mol. The maximum Gasteiger partial charge on any atom is 0.232 e. The molecule has 2 aromatic heterocycles. The third-order valence-electron chi connectivity index (χ3n) is 2.28. The molecule has 0 aromatic carbocycles. The zero-order valence-corrected chi connectivity index (χ0v) is 13.2. The Balaban J connectivity index is 0.000000220. The SMILES string of the molecule is COc1nc(Cl)ccc1C#N.COc1nc(Cl)ccc1C#N. The zero-order valence-electron chi connectivity index (χ0n) is 11.7. The van der Waals surface area contributed by atoms with E-state index in [2.05, 4.69) is 9.97 Å². The first-order valence-corrected chi connectivity index (χ1v) is 6.52. The standard InChI is InChI=1S/2C7H5ClN2O/c2*1-11-7-5(4-9)2-3-6(8)10-7/h2*2-3H,1H3. The quantitative estimate of drug-likeness (QED) is 0.781. The van der Waals surface area contributed by atoms with Crippen molar-refractivity contribution >= 4 is 23.2 Å². The number of pyridine rings is 2. The molecule has 0 radical (unpaired) electrons. The summed E-state index contributed by atoms with van der Waals surface area (Å²) in [4.78, 5) is 7.57. The Hall–Kier alpha value is -2.54. The summed E-state index contributed by atoms with van der Waals surface area (Å²) in [5.74, 6) is 0.528. The Kier molecular flexibility index (Phi) is 6.91. The molecule has 22 heavy (non-hydrogen) atoms. The molecule has 8 heteroatoms. The third kappa shape index (κ3) is 4.78. The first-order valence-electron chi connectivity index (χ1n) is 5.77. The molecule has 0 atom stereocenters. The fraction of sp³-hybridized carbons (Fsp3) is 0.143. The number of nitriles is 2. The largest absolute Gasteiger partial charge is 0.480 e. The van der Waals surface area contributed by atoms with Crippen molar-refractivity contribution in [3.63, 3.8) is 0 Å². The van der Waals surface area contributed by atoms with Crippen molar-refractivity contribution in [2.24, 2.45) is 0 Å². The van der Waals surface area contributed by atoms with Gasteiger partial charge in [-0.2, -0.15) is 10.5 Å². The molecule has 0 spiro atoms. The molecule has 2 heterocycles. The van der Waals surface area contributed by atoms with Crippen molar-refractivity contribution in [2.75, 3.05) is 14.2 Å². The van der Waals surface area contributed by atoms with Crippen molar-refractivity contribution in [3.8, 4) is 23.9 Å². The van der Waals surface area contributed by atoms with Gasteiger partial charge in [0.15, 0.2) is 0 Å². The van der Waals surface area contributed by atoms with Crippen molar-refractivity contribution in [3.05, 3.63) is 45.7 Å².